The molecule has 0 spiro atoms. The molecule has 1 atom stereocenters. The highest BCUT2D eigenvalue weighted by Crippen LogP contribution is 1.98. The third-order valence-corrected chi connectivity index (χ3v) is 2.14. The summed E-state index contributed by atoms with van der Waals surface area (Å²) in [7, 11) is 2.06. The number of nitrogens with zero attached hydrogens (tertiary/aromatic N) is 2. The highest BCUT2D eigenvalue weighted by molar-refractivity contribution is 5.74. The average Bonchev–Trinajstić information content (AvgIpc) is 2.04. The predicted octanol–water partition coefficient (Wildman–Crippen LogP) is -0.752. The zero-order valence-electron chi connectivity index (χ0n) is 8.29. The van der Waals surface area contributed by atoms with E-state index in [1.165, 1.54) is 0 Å². The van der Waals surface area contributed by atoms with Crippen LogP contribution in [0.5, 0.6) is 0 Å². The van der Waals surface area contributed by atoms with Crippen LogP contribution in [0.25, 0.3) is 0 Å². The number of nitrogens with two attached hydrogens (primary N) is 1. The summed E-state index contributed by atoms with van der Waals surface area (Å²) in [4.78, 5) is 15.4. The van der Waals surface area contributed by atoms with Gasteiger partial charge in [0.2, 0.25) is 0 Å². The average molecular weight is 186 g/mol. The summed E-state index contributed by atoms with van der Waals surface area (Å²) in [5.41, 5.74) is 5.46. The molecule has 1 rings (SSSR count). The fourth-order valence-corrected chi connectivity index (χ4v) is 1.30. The topological polar surface area (TPSA) is 61.6 Å². The number of hydrogen-bond acceptors (Lipinski definition) is 3. The van der Waals surface area contributed by atoms with Gasteiger partial charge in [0, 0.05) is 26.2 Å². The van der Waals surface area contributed by atoms with Gasteiger partial charge in [-0.25, -0.2) is 4.79 Å². The highest BCUT2D eigenvalue weighted by atomic mass is 16.2. The van der Waals surface area contributed by atoms with Gasteiger partial charge in [0.25, 0.3) is 0 Å². The number of likely N-dealkylation sites (N-methyl/N-ethyl adjacent to an activating group) is 1. The number of carbonyl (C=O) groups is 1. The minimum atomic E-state index is -0.271. The van der Waals surface area contributed by atoms with Crippen LogP contribution in [-0.4, -0.2) is 55.2 Å². The molecular weight excluding hydrogens is 168 g/mol. The summed E-state index contributed by atoms with van der Waals surface area (Å²) in [6.45, 7) is 5.21. The number of rotatable bonds is 1. The molecule has 0 bridgehead atoms. The zero-order valence-corrected chi connectivity index (χ0v) is 8.29. The van der Waals surface area contributed by atoms with Crippen LogP contribution in [0.3, 0.4) is 0 Å². The van der Waals surface area contributed by atoms with Gasteiger partial charge < -0.3 is 20.9 Å². The Morgan fingerprint density at radius 1 is 1.38 bits per heavy atom. The van der Waals surface area contributed by atoms with Crippen molar-refractivity contribution in [1.82, 2.24) is 15.1 Å². The lowest BCUT2D eigenvalue weighted by Crippen LogP contribution is -2.53. The quantitative estimate of drug-likeness (QED) is 0.530. The highest BCUT2D eigenvalue weighted by Gasteiger charge is 2.18. The van der Waals surface area contributed by atoms with Gasteiger partial charge in [-0.3, -0.25) is 0 Å². The van der Waals surface area contributed by atoms with Crippen molar-refractivity contribution in [3.63, 3.8) is 0 Å². The second-order valence-corrected chi connectivity index (χ2v) is 3.53. The van der Waals surface area contributed by atoms with Gasteiger partial charge in [0.1, 0.15) is 0 Å². The first-order chi connectivity index (χ1) is 6.09. The minimum Gasteiger partial charge on any atom is -0.323 e. The summed E-state index contributed by atoms with van der Waals surface area (Å²) < 4.78 is 0. The second-order valence-electron chi connectivity index (χ2n) is 3.53. The fraction of sp³-hybridized carbons (Fsp3) is 0.875. The first kappa shape index (κ1) is 10.3. The number of piperazine rings is 1. The molecule has 0 saturated carbocycles. The van der Waals surface area contributed by atoms with Crippen LogP contribution in [0, 0.1) is 0 Å². The van der Waals surface area contributed by atoms with E-state index in [9.17, 15) is 4.79 Å². The Morgan fingerprint density at radius 2 is 1.92 bits per heavy atom. The monoisotopic (exact) mass is 186 g/mol. The van der Waals surface area contributed by atoms with Crippen LogP contribution in [0.15, 0.2) is 0 Å². The first-order valence-electron chi connectivity index (χ1n) is 4.59. The number of hydrogen-bond donors (Lipinski definition) is 2. The van der Waals surface area contributed by atoms with Crippen LogP contribution in [0.1, 0.15) is 6.92 Å². The van der Waals surface area contributed by atoms with Gasteiger partial charge in [-0.1, -0.05) is 0 Å². The van der Waals surface area contributed by atoms with Crippen molar-refractivity contribution in [2.24, 2.45) is 5.73 Å². The van der Waals surface area contributed by atoms with Crippen LogP contribution in [-0.2, 0) is 0 Å². The SMILES string of the molecule is CC(N)NC(=O)N1CCN(C)CC1. The van der Waals surface area contributed by atoms with E-state index >= 15 is 0 Å². The second kappa shape index (κ2) is 4.43. The Labute approximate surface area is 78.9 Å². The molecule has 76 valence electrons. The van der Waals surface area contributed by atoms with Crippen molar-refractivity contribution >= 4 is 6.03 Å². The van der Waals surface area contributed by atoms with Crippen LogP contribution >= 0.6 is 0 Å². The molecule has 0 aliphatic carbocycles. The maximum atomic E-state index is 11.4. The van der Waals surface area contributed by atoms with Crippen LogP contribution in [0.4, 0.5) is 4.79 Å². The molecule has 1 fully saturated rings. The normalized spacial score (nSPS) is 21.3. The molecule has 1 heterocycles. The molecule has 0 aromatic heterocycles. The molecule has 13 heavy (non-hydrogen) atoms. The Kier molecular flexibility index (Phi) is 3.50. The largest absolute Gasteiger partial charge is 0.323 e. The molecule has 5 heteroatoms. The third-order valence-electron chi connectivity index (χ3n) is 2.14. The van der Waals surface area contributed by atoms with Gasteiger partial charge in [-0.05, 0) is 14.0 Å². The summed E-state index contributed by atoms with van der Waals surface area (Å²) in [5.74, 6) is 0. The summed E-state index contributed by atoms with van der Waals surface area (Å²) in [6.07, 6.45) is -0.271. The first-order valence-corrected chi connectivity index (χ1v) is 4.59. The van der Waals surface area contributed by atoms with Crippen molar-refractivity contribution in [1.29, 1.82) is 0 Å². The number of amides is 2. The lowest BCUT2D eigenvalue weighted by molar-refractivity contribution is 0.152. The minimum absolute atomic E-state index is 0.0527. The van der Waals surface area contributed by atoms with E-state index in [4.69, 9.17) is 5.73 Å². The van der Waals surface area contributed by atoms with E-state index in [1.807, 2.05) is 0 Å². The van der Waals surface area contributed by atoms with E-state index in [2.05, 4.69) is 17.3 Å². The Balaban J connectivity index is 2.31. The van der Waals surface area contributed by atoms with Crippen molar-refractivity contribution in [2.45, 2.75) is 13.1 Å². The number of carbonyl (C=O) groups excluding carboxylic acids is 1. The number of urea groups is 1. The maximum absolute atomic E-state index is 11.4. The smallest absolute Gasteiger partial charge is 0.318 e. The Bertz CT molecular complexity index is 175. The van der Waals surface area contributed by atoms with E-state index in [0.29, 0.717) is 0 Å². The van der Waals surface area contributed by atoms with Crippen LogP contribution in [0.2, 0.25) is 0 Å². The Hall–Kier alpha value is -0.810. The molecule has 0 aromatic carbocycles. The standard InChI is InChI=1S/C8H18N4O/c1-7(9)10-8(13)12-5-3-11(2)4-6-12/h7H,3-6,9H2,1-2H3,(H,10,13). The van der Waals surface area contributed by atoms with Crippen molar-refractivity contribution < 1.29 is 4.79 Å². The Morgan fingerprint density at radius 3 is 2.38 bits per heavy atom. The summed E-state index contributed by atoms with van der Waals surface area (Å²) in [6, 6.07) is -0.0527. The maximum Gasteiger partial charge on any atom is 0.318 e. The molecule has 0 radical (unpaired) electrons. The molecule has 2 amide bonds. The van der Waals surface area contributed by atoms with Gasteiger partial charge >= 0.3 is 6.03 Å². The van der Waals surface area contributed by atoms with Gasteiger partial charge in [0.05, 0.1) is 6.17 Å². The van der Waals surface area contributed by atoms with Crippen molar-refractivity contribution in [3.8, 4) is 0 Å². The fourth-order valence-electron chi connectivity index (χ4n) is 1.30. The summed E-state index contributed by atoms with van der Waals surface area (Å²) >= 11 is 0. The third kappa shape index (κ3) is 3.20. The van der Waals surface area contributed by atoms with Crippen molar-refractivity contribution in [2.75, 3.05) is 33.2 Å². The van der Waals surface area contributed by atoms with Gasteiger partial charge in [0.15, 0.2) is 0 Å². The molecular formula is C8H18N4O. The molecule has 1 saturated heterocycles. The molecule has 1 aliphatic rings. The lowest BCUT2D eigenvalue weighted by Gasteiger charge is -2.32. The molecule has 3 N–H and O–H groups in total. The molecule has 1 unspecified atom stereocenters. The van der Waals surface area contributed by atoms with E-state index in [-0.39, 0.29) is 12.2 Å². The summed E-state index contributed by atoms with van der Waals surface area (Å²) in [5, 5.41) is 2.67. The lowest BCUT2D eigenvalue weighted by atomic mass is 10.3. The molecule has 0 aromatic rings. The predicted molar refractivity (Wildman–Crippen MR) is 51.3 cm³/mol. The van der Waals surface area contributed by atoms with E-state index < -0.39 is 0 Å². The van der Waals surface area contributed by atoms with Crippen molar-refractivity contribution in [3.05, 3.63) is 0 Å². The van der Waals surface area contributed by atoms with E-state index in [0.717, 1.165) is 26.2 Å². The molecule has 1 aliphatic heterocycles. The zero-order chi connectivity index (χ0) is 9.84. The molecule has 5 nitrogen and oxygen atoms in total. The van der Waals surface area contributed by atoms with Crippen LogP contribution < -0.4 is 11.1 Å². The number of nitrogens with one attached hydrogen (secondary N) is 1. The van der Waals surface area contributed by atoms with Gasteiger partial charge in [-0.15, -0.1) is 0 Å². The van der Waals surface area contributed by atoms with Gasteiger partial charge in [-0.2, -0.15) is 0 Å². The van der Waals surface area contributed by atoms with E-state index in [1.54, 1.807) is 11.8 Å².